The SMILES string of the molecule is COc1ccccc1N1CCN(S(=O)(=O)N(C)Cc2c(F)cccc2Cl)CC1. The number of halogens is 2. The quantitative estimate of drug-likeness (QED) is 0.711. The second-order valence-electron chi connectivity index (χ2n) is 6.52. The third kappa shape index (κ3) is 4.25. The number of nitrogens with zero attached hydrogens (tertiary/aromatic N) is 3. The molecule has 9 heteroatoms. The second-order valence-corrected chi connectivity index (χ2v) is 8.96. The number of ether oxygens (including phenoxy) is 1. The number of anilines is 1. The van der Waals surface area contributed by atoms with Gasteiger partial charge in [-0.2, -0.15) is 17.0 Å². The molecule has 0 unspecified atom stereocenters. The number of hydrogen-bond acceptors (Lipinski definition) is 4. The lowest BCUT2D eigenvalue weighted by atomic mass is 10.2. The maximum Gasteiger partial charge on any atom is 0.282 e. The highest BCUT2D eigenvalue weighted by Crippen LogP contribution is 2.29. The monoisotopic (exact) mass is 427 g/mol. The highest BCUT2D eigenvalue weighted by atomic mass is 35.5. The van der Waals surface area contributed by atoms with Crippen LogP contribution >= 0.6 is 11.6 Å². The van der Waals surface area contributed by atoms with Crippen LogP contribution in [0.1, 0.15) is 5.56 Å². The van der Waals surface area contributed by atoms with E-state index in [0.717, 1.165) is 15.7 Å². The Labute approximate surface area is 170 Å². The molecule has 1 saturated heterocycles. The normalized spacial score (nSPS) is 15.8. The molecule has 0 bridgehead atoms. The first-order valence-corrected chi connectivity index (χ1v) is 10.6. The molecule has 0 atom stereocenters. The van der Waals surface area contributed by atoms with Gasteiger partial charge in [0.15, 0.2) is 0 Å². The van der Waals surface area contributed by atoms with E-state index < -0.39 is 16.0 Å². The van der Waals surface area contributed by atoms with Gasteiger partial charge in [-0.3, -0.25) is 0 Å². The van der Waals surface area contributed by atoms with Crippen LogP contribution in [-0.2, 0) is 16.8 Å². The Balaban J connectivity index is 1.69. The summed E-state index contributed by atoms with van der Waals surface area (Å²) in [5.41, 5.74) is 1.11. The number of piperazine rings is 1. The molecular formula is C19H23ClFN3O3S. The molecule has 2 aromatic carbocycles. The summed E-state index contributed by atoms with van der Waals surface area (Å²) in [5.74, 6) is 0.237. The largest absolute Gasteiger partial charge is 0.495 e. The summed E-state index contributed by atoms with van der Waals surface area (Å²) in [5, 5.41) is 0.211. The van der Waals surface area contributed by atoms with Gasteiger partial charge in [-0.1, -0.05) is 29.8 Å². The predicted octanol–water partition coefficient (Wildman–Crippen LogP) is 2.99. The van der Waals surface area contributed by atoms with E-state index >= 15 is 0 Å². The first-order valence-electron chi connectivity index (χ1n) is 8.87. The van der Waals surface area contributed by atoms with Gasteiger partial charge in [-0.25, -0.2) is 4.39 Å². The van der Waals surface area contributed by atoms with Crippen LogP contribution in [0.5, 0.6) is 5.75 Å². The molecule has 0 spiro atoms. The van der Waals surface area contributed by atoms with Crippen molar-refractivity contribution in [3.63, 3.8) is 0 Å². The van der Waals surface area contributed by atoms with Crippen molar-refractivity contribution >= 4 is 27.5 Å². The number of para-hydroxylation sites is 2. The fraction of sp³-hybridized carbons (Fsp3) is 0.368. The van der Waals surface area contributed by atoms with E-state index in [9.17, 15) is 12.8 Å². The van der Waals surface area contributed by atoms with Crippen LogP contribution in [-0.4, -0.2) is 57.4 Å². The van der Waals surface area contributed by atoms with Gasteiger partial charge in [0.05, 0.1) is 12.8 Å². The molecule has 6 nitrogen and oxygen atoms in total. The van der Waals surface area contributed by atoms with Crippen molar-refractivity contribution in [1.82, 2.24) is 8.61 Å². The predicted molar refractivity (Wildman–Crippen MR) is 109 cm³/mol. The maximum atomic E-state index is 14.0. The molecule has 2 aromatic rings. The molecule has 0 aliphatic carbocycles. The van der Waals surface area contributed by atoms with Crippen LogP contribution in [0.2, 0.25) is 5.02 Å². The number of methoxy groups -OCH3 is 1. The Morgan fingerprint density at radius 3 is 2.43 bits per heavy atom. The molecule has 0 N–H and O–H groups in total. The van der Waals surface area contributed by atoms with Crippen molar-refractivity contribution in [3.05, 3.63) is 58.9 Å². The van der Waals surface area contributed by atoms with Gasteiger partial charge in [-0.15, -0.1) is 0 Å². The smallest absolute Gasteiger partial charge is 0.282 e. The Hall–Kier alpha value is -1.87. The van der Waals surface area contributed by atoms with Gasteiger partial charge in [0.2, 0.25) is 0 Å². The number of rotatable bonds is 6. The standard InChI is InChI=1S/C19H23ClFN3O3S/c1-22(14-15-16(20)6-5-7-17(15)21)28(25,26)24-12-10-23(11-13-24)18-8-3-4-9-19(18)27-2/h3-9H,10-14H2,1-2H3. The van der Waals surface area contributed by atoms with Crippen molar-refractivity contribution in [1.29, 1.82) is 0 Å². The average molecular weight is 428 g/mol. The average Bonchev–Trinajstić information content (AvgIpc) is 2.70. The number of hydrogen-bond donors (Lipinski definition) is 0. The summed E-state index contributed by atoms with van der Waals surface area (Å²) < 4.78 is 47.8. The van der Waals surface area contributed by atoms with E-state index in [1.54, 1.807) is 13.2 Å². The van der Waals surface area contributed by atoms with E-state index in [2.05, 4.69) is 4.90 Å². The second kappa shape index (κ2) is 8.65. The Morgan fingerprint density at radius 1 is 1.11 bits per heavy atom. The van der Waals surface area contributed by atoms with Crippen molar-refractivity contribution < 1.29 is 17.5 Å². The molecule has 1 heterocycles. The van der Waals surface area contributed by atoms with Crippen molar-refractivity contribution in [2.45, 2.75) is 6.54 Å². The molecule has 152 valence electrons. The maximum absolute atomic E-state index is 14.0. The van der Waals surface area contributed by atoms with E-state index in [1.807, 2.05) is 24.3 Å². The van der Waals surface area contributed by atoms with Crippen LogP contribution in [0.25, 0.3) is 0 Å². The molecule has 3 rings (SSSR count). The summed E-state index contributed by atoms with van der Waals surface area (Å²) in [7, 11) is -0.683. The summed E-state index contributed by atoms with van der Waals surface area (Å²) >= 11 is 6.03. The lowest BCUT2D eigenvalue weighted by Gasteiger charge is -2.37. The van der Waals surface area contributed by atoms with Gasteiger partial charge in [0.25, 0.3) is 10.2 Å². The minimum atomic E-state index is -3.73. The fourth-order valence-corrected chi connectivity index (χ4v) is 4.77. The van der Waals surface area contributed by atoms with E-state index in [4.69, 9.17) is 16.3 Å². The third-order valence-corrected chi connectivity index (χ3v) is 7.12. The van der Waals surface area contributed by atoms with Crippen LogP contribution in [0.3, 0.4) is 0 Å². The van der Waals surface area contributed by atoms with Crippen LogP contribution in [0, 0.1) is 5.82 Å². The molecule has 28 heavy (non-hydrogen) atoms. The van der Waals surface area contributed by atoms with Gasteiger partial charge in [0, 0.05) is 50.4 Å². The lowest BCUT2D eigenvalue weighted by molar-refractivity contribution is 0.337. The van der Waals surface area contributed by atoms with Gasteiger partial charge >= 0.3 is 0 Å². The van der Waals surface area contributed by atoms with Gasteiger partial charge < -0.3 is 9.64 Å². The molecule has 0 amide bonds. The van der Waals surface area contributed by atoms with Crippen LogP contribution in [0.15, 0.2) is 42.5 Å². The molecule has 1 fully saturated rings. The summed E-state index contributed by atoms with van der Waals surface area (Å²) in [6.45, 7) is 1.60. The van der Waals surface area contributed by atoms with Gasteiger partial charge in [-0.05, 0) is 24.3 Å². The minimum absolute atomic E-state index is 0.124. The molecule has 0 radical (unpaired) electrons. The molecule has 0 saturated carbocycles. The summed E-state index contributed by atoms with van der Waals surface area (Å²) in [6.07, 6.45) is 0. The van der Waals surface area contributed by atoms with Gasteiger partial charge in [0.1, 0.15) is 11.6 Å². The summed E-state index contributed by atoms with van der Waals surface area (Å²) in [6, 6.07) is 12.0. The Kier molecular flexibility index (Phi) is 6.44. The minimum Gasteiger partial charge on any atom is -0.495 e. The first-order chi connectivity index (χ1) is 13.3. The zero-order chi connectivity index (χ0) is 20.3. The van der Waals surface area contributed by atoms with E-state index in [0.29, 0.717) is 26.2 Å². The van der Waals surface area contributed by atoms with Crippen molar-refractivity contribution in [2.24, 2.45) is 0 Å². The third-order valence-electron chi connectivity index (χ3n) is 4.83. The molecule has 1 aliphatic rings. The van der Waals surface area contributed by atoms with E-state index in [1.165, 1.54) is 23.5 Å². The van der Waals surface area contributed by atoms with E-state index in [-0.39, 0.29) is 17.1 Å². The van der Waals surface area contributed by atoms with Crippen LogP contribution < -0.4 is 9.64 Å². The Morgan fingerprint density at radius 2 is 1.79 bits per heavy atom. The first kappa shape index (κ1) is 20.9. The zero-order valence-electron chi connectivity index (χ0n) is 15.8. The molecule has 1 aliphatic heterocycles. The fourth-order valence-electron chi connectivity index (χ4n) is 3.24. The number of benzene rings is 2. The molecule has 0 aromatic heterocycles. The van der Waals surface area contributed by atoms with Crippen molar-refractivity contribution in [2.75, 3.05) is 45.2 Å². The molecular weight excluding hydrogens is 405 g/mol. The van der Waals surface area contributed by atoms with Crippen molar-refractivity contribution in [3.8, 4) is 5.75 Å². The van der Waals surface area contributed by atoms with Crippen LogP contribution in [0.4, 0.5) is 10.1 Å². The lowest BCUT2D eigenvalue weighted by Crippen LogP contribution is -2.52. The zero-order valence-corrected chi connectivity index (χ0v) is 17.4. The topological polar surface area (TPSA) is 53.1 Å². The highest BCUT2D eigenvalue weighted by molar-refractivity contribution is 7.86. The Bertz CT molecular complexity index is 914. The summed E-state index contributed by atoms with van der Waals surface area (Å²) in [4.78, 5) is 2.10. The highest BCUT2D eigenvalue weighted by Gasteiger charge is 2.31.